The largest absolute Gasteiger partial charge is 0.393 e. The minimum atomic E-state index is -0.519. The zero-order chi connectivity index (χ0) is 8.27. The van der Waals surface area contributed by atoms with Crippen molar-refractivity contribution in [2.75, 3.05) is 0 Å². The molecule has 2 unspecified atom stereocenters. The second-order valence-electron chi connectivity index (χ2n) is 2.87. The fourth-order valence-electron chi connectivity index (χ4n) is 1.40. The Morgan fingerprint density at radius 2 is 1.73 bits per heavy atom. The van der Waals surface area contributed by atoms with E-state index in [1.165, 1.54) is 0 Å². The summed E-state index contributed by atoms with van der Waals surface area (Å²) in [5.41, 5.74) is 8.09. The van der Waals surface area contributed by atoms with Crippen LogP contribution in [0.15, 0.2) is 5.11 Å². The number of aliphatic hydroxyl groups excluding tert-OH is 2. The monoisotopic (exact) mass is 157 g/mol. The van der Waals surface area contributed by atoms with E-state index in [1.807, 2.05) is 0 Å². The summed E-state index contributed by atoms with van der Waals surface area (Å²) in [5, 5.41) is 21.7. The molecule has 5 nitrogen and oxygen atoms in total. The molecule has 0 saturated heterocycles. The van der Waals surface area contributed by atoms with Gasteiger partial charge in [-0.15, -0.1) is 0 Å². The lowest BCUT2D eigenvalue weighted by atomic mass is 9.91. The van der Waals surface area contributed by atoms with Gasteiger partial charge in [0.1, 0.15) is 0 Å². The zero-order valence-corrected chi connectivity index (χ0v) is 6.09. The minimum absolute atomic E-state index is 0.237. The Bertz CT molecular complexity index is 169. The van der Waals surface area contributed by atoms with Gasteiger partial charge in [0.25, 0.3) is 0 Å². The molecule has 0 amide bonds. The molecule has 0 aromatic carbocycles. The quantitative estimate of drug-likeness (QED) is 0.331. The molecule has 2 N–H and O–H groups in total. The molecule has 0 aliphatic heterocycles. The van der Waals surface area contributed by atoms with Crippen LogP contribution in [0, 0.1) is 0 Å². The summed E-state index contributed by atoms with van der Waals surface area (Å²) in [6.07, 6.45) is 0.308. The summed E-state index contributed by atoms with van der Waals surface area (Å²) in [7, 11) is 0. The summed E-state index contributed by atoms with van der Waals surface area (Å²) in [6.45, 7) is 0. The molecule has 0 aromatic rings. The lowest BCUT2D eigenvalue weighted by molar-refractivity contribution is 0.0321. The average Bonchev–Trinajstić information content (AvgIpc) is 1.85. The molecule has 1 saturated carbocycles. The second-order valence-corrected chi connectivity index (χ2v) is 2.87. The van der Waals surface area contributed by atoms with E-state index in [0.29, 0.717) is 19.3 Å². The Morgan fingerprint density at radius 1 is 1.18 bits per heavy atom. The number of hydrogen-bond acceptors (Lipinski definition) is 3. The van der Waals surface area contributed by atoms with Crippen LogP contribution in [0.4, 0.5) is 0 Å². The zero-order valence-electron chi connectivity index (χ0n) is 6.09. The van der Waals surface area contributed by atoms with Crippen LogP contribution in [0.25, 0.3) is 10.4 Å². The molecular formula is C6H11N3O2. The lowest BCUT2D eigenvalue weighted by Crippen LogP contribution is -2.31. The van der Waals surface area contributed by atoms with E-state index in [2.05, 4.69) is 10.0 Å². The Labute approximate surface area is 64.3 Å². The molecule has 1 fully saturated rings. The summed E-state index contributed by atoms with van der Waals surface area (Å²) in [4.78, 5) is 2.63. The summed E-state index contributed by atoms with van der Waals surface area (Å²) < 4.78 is 0. The molecule has 0 bridgehead atoms. The number of azide groups is 1. The Balaban J connectivity index is 2.49. The lowest BCUT2D eigenvalue weighted by Gasteiger charge is -2.26. The molecule has 0 spiro atoms. The Morgan fingerprint density at radius 3 is 2.18 bits per heavy atom. The number of hydrogen-bond donors (Lipinski definition) is 2. The van der Waals surface area contributed by atoms with E-state index in [-0.39, 0.29) is 6.04 Å². The van der Waals surface area contributed by atoms with Gasteiger partial charge in [0.15, 0.2) is 0 Å². The van der Waals surface area contributed by atoms with Gasteiger partial charge in [0, 0.05) is 11.0 Å². The first-order valence-corrected chi connectivity index (χ1v) is 3.62. The van der Waals surface area contributed by atoms with Gasteiger partial charge in [-0.3, -0.25) is 0 Å². The van der Waals surface area contributed by atoms with Gasteiger partial charge in [0.2, 0.25) is 0 Å². The molecule has 62 valence electrons. The SMILES string of the molecule is [N-]=[N+]=NC1CC(O)CC(O)C1. The summed E-state index contributed by atoms with van der Waals surface area (Å²) >= 11 is 0. The fourth-order valence-corrected chi connectivity index (χ4v) is 1.40. The topological polar surface area (TPSA) is 89.2 Å². The van der Waals surface area contributed by atoms with Gasteiger partial charge in [-0.1, -0.05) is 5.11 Å². The van der Waals surface area contributed by atoms with Gasteiger partial charge in [0.05, 0.1) is 12.2 Å². The van der Waals surface area contributed by atoms with Crippen LogP contribution in [0.5, 0.6) is 0 Å². The summed E-state index contributed by atoms with van der Waals surface area (Å²) in [6, 6.07) is -0.237. The van der Waals surface area contributed by atoms with E-state index in [0.717, 1.165) is 0 Å². The van der Waals surface area contributed by atoms with Crippen molar-refractivity contribution in [2.24, 2.45) is 5.11 Å². The molecule has 5 heteroatoms. The van der Waals surface area contributed by atoms with Crippen LogP contribution >= 0.6 is 0 Å². The maximum Gasteiger partial charge on any atom is 0.0568 e. The van der Waals surface area contributed by atoms with Crippen LogP contribution in [0.2, 0.25) is 0 Å². The highest BCUT2D eigenvalue weighted by Crippen LogP contribution is 2.21. The standard InChI is InChI=1S/C6H11N3O2/c7-9-8-4-1-5(10)3-6(11)2-4/h4-6,10-11H,1-3H2. The van der Waals surface area contributed by atoms with Gasteiger partial charge >= 0.3 is 0 Å². The first-order valence-electron chi connectivity index (χ1n) is 3.62. The van der Waals surface area contributed by atoms with Crippen LogP contribution in [-0.4, -0.2) is 28.5 Å². The van der Waals surface area contributed by atoms with Crippen molar-refractivity contribution < 1.29 is 10.2 Å². The highest BCUT2D eigenvalue weighted by molar-refractivity contribution is 4.82. The molecular weight excluding hydrogens is 146 g/mol. The normalized spacial score (nSPS) is 37.8. The van der Waals surface area contributed by atoms with E-state index < -0.39 is 12.2 Å². The third-order valence-electron chi connectivity index (χ3n) is 1.85. The number of nitrogens with zero attached hydrogens (tertiary/aromatic N) is 3. The Kier molecular flexibility index (Phi) is 2.70. The first kappa shape index (κ1) is 8.33. The van der Waals surface area contributed by atoms with E-state index >= 15 is 0 Å². The smallest absolute Gasteiger partial charge is 0.0568 e. The van der Waals surface area contributed by atoms with Crippen molar-refractivity contribution in [1.82, 2.24) is 0 Å². The van der Waals surface area contributed by atoms with Crippen molar-refractivity contribution in [3.8, 4) is 0 Å². The molecule has 1 rings (SSSR count). The van der Waals surface area contributed by atoms with Crippen molar-refractivity contribution in [2.45, 2.75) is 37.5 Å². The molecule has 1 aliphatic carbocycles. The maximum atomic E-state index is 9.13. The molecule has 11 heavy (non-hydrogen) atoms. The van der Waals surface area contributed by atoms with Crippen LogP contribution in [-0.2, 0) is 0 Å². The molecule has 0 aromatic heterocycles. The highest BCUT2D eigenvalue weighted by Gasteiger charge is 2.25. The predicted molar refractivity (Wildman–Crippen MR) is 38.8 cm³/mol. The highest BCUT2D eigenvalue weighted by atomic mass is 16.3. The van der Waals surface area contributed by atoms with E-state index in [4.69, 9.17) is 15.7 Å². The third-order valence-corrected chi connectivity index (χ3v) is 1.85. The summed E-state index contributed by atoms with van der Waals surface area (Å²) in [5.74, 6) is 0. The van der Waals surface area contributed by atoms with Crippen LogP contribution in [0.1, 0.15) is 19.3 Å². The van der Waals surface area contributed by atoms with Gasteiger partial charge in [-0.25, -0.2) is 0 Å². The number of rotatable bonds is 1. The van der Waals surface area contributed by atoms with Gasteiger partial charge < -0.3 is 10.2 Å². The first-order chi connectivity index (χ1) is 5.22. The van der Waals surface area contributed by atoms with Gasteiger partial charge in [-0.05, 0) is 24.8 Å². The predicted octanol–water partition coefficient (Wildman–Crippen LogP) is 0.571. The average molecular weight is 157 g/mol. The Hall–Kier alpha value is -0.770. The van der Waals surface area contributed by atoms with Gasteiger partial charge in [-0.2, -0.15) is 0 Å². The maximum absolute atomic E-state index is 9.13. The van der Waals surface area contributed by atoms with Crippen molar-refractivity contribution in [1.29, 1.82) is 0 Å². The van der Waals surface area contributed by atoms with E-state index in [9.17, 15) is 0 Å². The minimum Gasteiger partial charge on any atom is -0.393 e. The molecule has 0 radical (unpaired) electrons. The fraction of sp³-hybridized carbons (Fsp3) is 1.00. The molecule has 1 aliphatic rings. The van der Waals surface area contributed by atoms with Crippen molar-refractivity contribution >= 4 is 0 Å². The molecule has 0 heterocycles. The third kappa shape index (κ3) is 2.38. The number of aliphatic hydroxyl groups is 2. The molecule has 2 atom stereocenters. The van der Waals surface area contributed by atoms with Crippen LogP contribution < -0.4 is 0 Å². The second kappa shape index (κ2) is 3.57. The van der Waals surface area contributed by atoms with Crippen LogP contribution in [0.3, 0.4) is 0 Å². The van der Waals surface area contributed by atoms with Crippen molar-refractivity contribution in [3.05, 3.63) is 10.4 Å². The van der Waals surface area contributed by atoms with Crippen molar-refractivity contribution in [3.63, 3.8) is 0 Å². The van der Waals surface area contributed by atoms with E-state index in [1.54, 1.807) is 0 Å².